The van der Waals surface area contributed by atoms with Gasteiger partial charge in [0.1, 0.15) is 0 Å². The Morgan fingerprint density at radius 2 is 2.00 bits per heavy atom. The van der Waals surface area contributed by atoms with Crippen LogP contribution in [0.5, 0.6) is 0 Å². The Bertz CT molecular complexity index is 627. The van der Waals surface area contributed by atoms with Crippen molar-refractivity contribution < 1.29 is 9.90 Å². The highest BCUT2D eigenvalue weighted by Crippen LogP contribution is 2.29. The molecule has 0 atom stereocenters. The molecule has 3 rings (SSSR count). The summed E-state index contributed by atoms with van der Waals surface area (Å²) in [6.45, 7) is 0.714. The van der Waals surface area contributed by atoms with Crippen molar-refractivity contribution in [2.45, 2.75) is 44.2 Å². The number of nitrogens with one attached hydrogen (secondary N) is 1. The Kier molecular flexibility index (Phi) is 3.97. The number of carbonyl (C=O) groups excluding carboxylic acids is 1. The van der Waals surface area contributed by atoms with Gasteiger partial charge in [0.2, 0.25) is 5.91 Å². The van der Waals surface area contributed by atoms with E-state index in [1.54, 1.807) is 0 Å². The van der Waals surface area contributed by atoms with Crippen molar-refractivity contribution in [1.82, 2.24) is 9.88 Å². The molecule has 1 aliphatic carbocycles. The van der Waals surface area contributed by atoms with Gasteiger partial charge in [-0.3, -0.25) is 4.79 Å². The smallest absolute Gasteiger partial charge is 0.222 e. The largest absolute Gasteiger partial charge is 0.394 e. The first-order valence-corrected chi connectivity index (χ1v) is 7.68. The lowest BCUT2D eigenvalue weighted by Crippen LogP contribution is -2.49. The SMILES string of the molecule is O=C(CCn1ccc2ccccc21)NC1(CO)CCCC1. The highest BCUT2D eigenvalue weighted by Gasteiger charge is 2.34. The molecular weight excluding hydrogens is 264 g/mol. The lowest BCUT2D eigenvalue weighted by atomic mass is 9.99. The first kappa shape index (κ1) is 14.1. The maximum atomic E-state index is 12.2. The van der Waals surface area contributed by atoms with Gasteiger partial charge in [-0.25, -0.2) is 0 Å². The van der Waals surface area contributed by atoms with E-state index in [4.69, 9.17) is 0 Å². The minimum Gasteiger partial charge on any atom is -0.394 e. The Balaban J connectivity index is 1.61. The Labute approximate surface area is 124 Å². The number of hydrogen-bond donors (Lipinski definition) is 2. The van der Waals surface area contributed by atoms with Gasteiger partial charge in [0.15, 0.2) is 0 Å². The van der Waals surface area contributed by atoms with Crippen LogP contribution in [0.3, 0.4) is 0 Å². The van der Waals surface area contributed by atoms with E-state index in [0.29, 0.717) is 13.0 Å². The fraction of sp³-hybridized carbons (Fsp3) is 0.471. The van der Waals surface area contributed by atoms with Gasteiger partial charge in [0, 0.05) is 24.7 Å². The highest BCUT2D eigenvalue weighted by atomic mass is 16.3. The molecule has 1 aliphatic rings. The van der Waals surface area contributed by atoms with Crippen molar-refractivity contribution in [2.75, 3.05) is 6.61 Å². The van der Waals surface area contributed by atoms with Gasteiger partial charge in [-0.05, 0) is 30.4 Å². The predicted molar refractivity (Wildman–Crippen MR) is 83.0 cm³/mol. The number of aromatic nitrogens is 1. The number of nitrogens with zero attached hydrogens (tertiary/aromatic N) is 1. The van der Waals surface area contributed by atoms with E-state index in [9.17, 15) is 9.90 Å². The Hall–Kier alpha value is -1.81. The number of aliphatic hydroxyl groups excluding tert-OH is 1. The average Bonchev–Trinajstić information content (AvgIpc) is 3.12. The summed E-state index contributed by atoms with van der Waals surface area (Å²) in [6.07, 6.45) is 6.42. The standard InChI is InChI=1S/C17H22N2O2/c20-13-17(9-3-4-10-17)18-16(21)8-12-19-11-7-14-5-1-2-6-15(14)19/h1-2,5-7,11,20H,3-4,8-10,12-13H2,(H,18,21). The monoisotopic (exact) mass is 286 g/mol. The lowest BCUT2D eigenvalue weighted by molar-refractivity contribution is -0.123. The minimum absolute atomic E-state index is 0.0312. The summed E-state index contributed by atoms with van der Waals surface area (Å²) in [4.78, 5) is 12.2. The fourth-order valence-corrected chi connectivity index (χ4v) is 3.29. The van der Waals surface area contributed by atoms with Gasteiger partial charge in [-0.1, -0.05) is 31.0 Å². The van der Waals surface area contributed by atoms with Gasteiger partial charge < -0.3 is 15.0 Å². The number of fused-ring (bicyclic) bond motifs is 1. The molecule has 0 bridgehead atoms. The van der Waals surface area contributed by atoms with E-state index in [1.165, 1.54) is 5.39 Å². The maximum Gasteiger partial charge on any atom is 0.222 e. The van der Waals surface area contributed by atoms with Crippen molar-refractivity contribution in [3.8, 4) is 0 Å². The molecule has 2 aromatic rings. The second-order valence-corrected chi connectivity index (χ2v) is 6.01. The summed E-state index contributed by atoms with van der Waals surface area (Å²) in [5.41, 5.74) is 0.790. The zero-order valence-electron chi connectivity index (χ0n) is 12.2. The van der Waals surface area contributed by atoms with E-state index in [1.807, 2.05) is 18.3 Å². The van der Waals surface area contributed by atoms with Crippen LogP contribution in [0.2, 0.25) is 0 Å². The second kappa shape index (κ2) is 5.90. The van der Waals surface area contributed by atoms with Gasteiger partial charge in [0.05, 0.1) is 12.1 Å². The first-order chi connectivity index (χ1) is 10.2. The van der Waals surface area contributed by atoms with Crippen molar-refractivity contribution in [3.05, 3.63) is 36.5 Å². The molecule has 2 N–H and O–H groups in total. The van der Waals surface area contributed by atoms with Gasteiger partial charge >= 0.3 is 0 Å². The number of aryl methyl sites for hydroxylation is 1. The number of aliphatic hydroxyl groups is 1. The van der Waals surface area contributed by atoms with Crippen LogP contribution in [0.1, 0.15) is 32.1 Å². The van der Waals surface area contributed by atoms with E-state index in [0.717, 1.165) is 31.2 Å². The Morgan fingerprint density at radius 1 is 1.24 bits per heavy atom. The summed E-state index contributed by atoms with van der Waals surface area (Å²) in [5, 5.41) is 13.8. The molecule has 1 saturated carbocycles. The minimum atomic E-state index is -0.365. The highest BCUT2D eigenvalue weighted by molar-refractivity contribution is 5.80. The third-order valence-corrected chi connectivity index (χ3v) is 4.53. The summed E-state index contributed by atoms with van der Waals surface area (Å²) >= 11 is 0. The van der Waals surface area contributed by atoms with E-state index < -0.39 is 0 Å². The third-order valence-electron chi connectivity index (χ3n) is 4.53. The van der Waals surface area contributed by atoms with Crippen molar-refractivity contribution >= 4 is 16.8 Å². The number of rotatable bonds is 5. The molecule has 112 valence electrons. The van der Waals surface area contributed by atoms with Crippen LogP contribution in [0.15, 0.2) is 36.5 Å². The van der Waals surface area contributed by atoms with Crippen LogP contribution < -0.4 is 5.32 Å². The molecule has 1 aromatic carbocycles. The molecule has 21 heavy (non-hydrogen) atoms. The number of benzene rings is 1. The molecule has 1 heterocycles. The molecule has 1 amide bonds. The van der Waals surface area contributed by atoms with Gasteiger partial charge in [-0.2, -0.15) is 0 Å². The molecule has 0 radical (unpaired) electrons. The van der Waals surface area contributed by atoms with Crippen LogP contribution in [0.4, 0.5) is 0 Å². The zero-order chi connectivity index (χ0) is 14.7. The summed E-state index contributed by atoms with van der Waals surface area (Å²) in [5.74, 6) is 0.0312. The van der Waals surface area contributed by atoms with Crippen LogP contribution in [-0.2, 0) is 11.3 Å². The predicted octanol–water partition coefficient (Wildman–Crippen LogP) is 2.45. The van der Waals surface area contributed by atoms with Gasteiger partial charge in [-0.15, -0.1) is 0 Å². The average molecular weight is 286 g/mol. The Morgan fingerprint density at radius 3 is 2.76 bits per heavy atom. The molecule has 1 aromatic heterocycles. The second-order valence-electron chi connectivity index (χ2n) is 6.01. The number of para-hydroxylation sites is 1. The normalized spacial score (nSPS) is 17.2. The van der Waals surface area contributed by atoms with Crippen LogP contribution in [-0.4, -0.2) is 27.7 Å². The molecular formula is C17H22N2O2. The summed E-state index contributed by atoms with van der Waals surface area (Å²) < 4.78 is 2.11. The van der Waals surface area contributed by atoms with Crippen molar-refractivity contribution in [1.29, 1.82) is 0 Å². The quantitative estimate of drug-likeness (QED) is 0.887. The molecule has 1 fully saturated rings. The topological polar surface area (TPSA) is 54.3 Å². The number of carbonyl (C=O) groups is 1. The molecule has 0 spiro atoms. The van der Waals surface area contributed by atoms with Crippen LogP contribution >= 0.6 is 0 Å². The molecule has 4 heteroatoms. The van der Waals surface area contributed by atoms with E-state index in [-0.39, 0.29) is 18.1 Å². The molecule has 4 nitrogen and oxygen atoms in total. The number of amides is 1. The van der Waals surface area contributed by atoms with Crippen molar-refractivity contribution in [2.24, 2.45) is 0 Å². The number of hydrogen-bond acceptors (Lipinski definition) is 2. The molecule has 0 unspecified atom stereocenters. The van der Waals surface area contributed by atoms with Gasteiger partial charge in [0.25, 0.3) is 0 Å². The fourth-order valence-electron chi connectivity index (χ4n) is 3.29. The lowest BCUT2D eigenvalue weighted by Gasteiger charge is -2.28. The van der Waals surface area contributed by atoms with Crippen molar-refractivity contribution in [3.63, 3.8) is 0 Å². The summed E-state index contributed by atoms with van der Waals surface area (Å²) in [7, 11) is 0. The first-order valence-electron chi connectivity index (χ1n) is 7.68. The van der Waals surface area contributed by atoms with Crippen LogP contribution in [0, 0.1) is 0 Å². The molecule has 0 saturated heterocycles. The van der Waals surface area contributed by atoms with Crippen LogP contribution in [0.25, 0.3) is 10.9 Å². The maximum absolute atomic E-state index is 12.2. The van der Waals surface area contributed by atoms with E-state index >= 15 is 0 Å². The van der Waals surface area contributed by atoms with E-state index in [2.05, 4.69) is 28.1 Å². The molecule has 0 aliphatic heterocycles. The summed E-state index contributed by atoms with van der Waals surface area (Å²) in [6, 6.07) is 10.2. The third kappa shape index (κ3) is 2.95. The zero-order valence-corrected chi connectivity index (χ0v) is 12.2.